The molecule has 34 heavy (non-hydrogen) atoms. The predicted molar refractivity (Wildman–Crippen MR) is 126 cm³/mol. The van der Waals surface area contributed by atoms with E-state index in [-0.39, 0.29) is 11.8 Å². The summed E-state index contributed by atoms with van der Waals surface area (Å²) in [6.45, 7) is 8.93. The van der Waals surface area contributed by atoms with E-state index in [1.165, 1.54) is 0 Å². The molecule has 0 spiro atoms. The van der Waals surface area contributed by atoms with Crippen LogP contribution in [-0.4, -0.2) is 48.7 Å². The molecule has 0 saturated heterocycles. The molecule has 1 atom stereocenters. The fourth-order valence-corrected chi connectivity index (χ4v) is 4.34. The van der Waals surface area contributed by atoms with Crippen LogP contribution in [0.3, 0.4) is 0 Å². The van der Waals surface area contributed by atoms with Crippen molar-refractivity contribution < 1.29 is 14.3 Å². The third kappa shape index (κ3) is 3.74. The largest absolute Gasteiger partial charge is 0.490 e. The molecule has 1 aliphatic heterocycles. The van der Waals surface area contributed by atoms with Gasteiger partial charge in [0.2, 0.25) is 5.91 Å². The quantitative estimate of drug-likeness (QED) is 0.448. The third-order valence-corrected chi connectivity index (χ3v) is 5.86. The van der Waals surface area contributed by atoms with Gasteiger partial charge in [0.15, 0.2) is 28.8 Å². The minimum Gasteiger partial charge on any atom is -0.490 e. The van der Waals surface area contributed by atoms with Crippen LogP contribution in [0.1, 0.15) is 55.3 Å². The highest BCUT2D eigenvalue weighted by Crippen LogP contribution is 2.42. The van der Waals surface area contributed by atoms with Crippen molar-refractivity contribution in [2.75, 3.05) is 18.5 Å². The van der Waals surface area contributed by atoms with E-state index in [1.807, 2.05) is 51.1 Å². The maximum Gasteiger partial charge on any atom is 0.226 e. The zero-order valence-corrected chi connectivity index (χ0v) is 19.7. The summed E-state index contributed by atoms with van der Waals surface area (Å²) in [5.74, 6) is 3.01. The van der Waals surface area contributed by atoms with Crippen LogP contribution in [0.25, 0.3) is 11.5 Å². The SMILES string of the molecule is CCCOc1ccc(C2CC(=O)Nc3c2c(C)nn3-c2ccc3nnc(C)n3n2)cc1OCC. The number of carbonyl (C=O) groups excluding carboxylic acids is 1. The zero-order chi connectivity index (χ0) is 23.8. The molecule has 10 heteroatoms. The lowest BCUT2D eigenvalue weighted by molar-refractivity contribution is -0.116. The second-order valence-corrected chi connectivity index (χ2v) is 8.26. The maximum absolute atomic E-state index is 12.8. The summed E-state index contributed by atoms with van der Waals surface area (Å²) in [6.07, 6.45) is 1.23. The van der Waals surface area contributed by atoms with E-state index >= 15 is 0 Å². The normalized spacial score (nSPS) is 15.3. The lowest BCUT2D eigenvalue weighted by atomic mass is 9.85. The summed E-state index contributed by atoms with van der Waals surface area (Å²) in [7, 11) is 0. The Kier molecular flexibility index (Phi) is 5.64. The standard InChI is InChI=1S/C24H27N7O3/c1-5-11-34-18-8-7-16(12-19(18)33-6-2)17-13-22(32)25-24-23(17)14(3)28-31(24)21-10-9-20-27-26-15(4)30(20)29-21/h7-10,12,17H,5-6,11,13H2,1-4H3,(H,25,32). The molecular weight excluding hydrogens is 434 g/mol. The van der Waals surface area contributed by atoms with E-state index in [0.29, 0.717) is 54.2 Å². The molecule has 3 aromatic heterocycles. The molecule has 0 bridgehead atoms. The molecule has 1 aromatic carbocycles. The van der Waals surface area contributed by atoms with Crippen molar-refractivity contribution in [2.24, 2.45) is 0 Å². The molecule has 0 aliphatic carbocycles. The number of fused-ring (bicyclic) bond motifs is 2. The number of benzene rings is 1. The average Bonchev–Trinajstić information content (AvgIpc) is 3.37. The van der Waals surface area contributed by atoms with Crippen molar-refractivity contribution >= 4 is 17.4 Å². The summed E-state index contributed by atoms with van der Waals surface area (Å²) in [4.78, 5) is 12.8. The van der Waals surface area contributed by atoms with Gasteiger partial charge in [0.1, 0.15) is 5.82 Å². The van der Waals surface area contributed by atoms with Crippen molar-refractivity contribution in [3.63, 3.8) is 0 Å². The number of hydrogen-bond donors (Lipinski definition) is 1. The van der Waals surface area contributed by atoms with Gasteiger partial charge in [-0.05, 0) is 57.0 Å². The van der Waals surface area contributed by atoms with E-state index in [4.69, 9.17) is 14.6 Å². The van der Waals surface area contributed by atoms with Gasteiger partial charge in [-0.3, -0.25) is 4.79 Å². The van der Waals surface area contributed by atoms with Gasteiger partial charge in [-0.15, -0.1) is 15.3 Å². The monoisotopic (exact) mass is 461 g/mol. The van der Waals surface area contributed by atoms with Crippen LogP contribution in [0.2, 0.25) is 0 Å². The summed E-state index contributed by atoms with van der Waals surface area (Å²) in [5, 5.41) is 20.5. The molecule has 4 aromatic rings. The summed E-state index contributed by atoms with van der Waals surface area (Å²) >= 11 is 0. The van der Waals surface area contributed by atoms with Gasteiger partial charge in [0.25, 0.3) is 0 Å². The topological polar surface area (TPSA) is 108 Å². The van der Waals surface area contributed by atoms with Crippen LogP contribution < -0.4 is 14.8 Å². The van der Waals surface area contributed by atoms with Crippen LogP contribution in [0.15, 0.2) is 30.3 Å². The van der Waals surface area contributed by atoms with Gasteiger partial charge in [-0.1, -0.05) is 13.0 Å². The number of amides is 1. The number of aryl methyl sites for hydroxylation is 2. The van der Waals surface area contributed by atoms with Crippen LogP contribution in [0, 0.1) is 13.8 Å². The predicted octanol–water partition coefficient (Wildman–Crippen LogP) is 3.59. The summed E-state index contributed by atoms with van der Waals surface area (Å²) in [6, 6.07) is 9.55. The first-order valence-electron chi connectivity index (χ1n) is 11.5. The van der Waals surface area contributed by atoms with Gasteiger partial charge in [0.05, 0.1) is 18.9 Å². The Balaban J connectivity index is 1.59. The van der Waals surface area contributed by atoms with Crippen LogP contribution in [0.4, 0.5) is 5.82 Å². The molecule has 1 N–H and O–H groups in total. The lowest BCUT2D eigenvalue weighted by Crippen LogP contribution is -2.25. The first-order chi connectivity index (χ1) is 16.5. The number of ether oxygens (including phenoxy) is 2. The Hall–Kier alpha value is -3.95. The van der Waals surface area contributed by atoms with Crippen molar-refractivity contribution in [1.82, 2.24) is 29.6 Å². The fourth-order valence-electron chi connectivity index (χ4n) is 4.34. The van der Waals surface area contributed by atoms with Crippen LogP contribution in [-0.2, 0) is 4.79 Å². The second-order valence-electron chi connectivity index (χ2n) is 8.26. The Morgan fingerprint density at radius 1 is 1.06 bits per heavy atom. The van der Waals surface area contributed by atoms with Gasteiger partial charge in [0, 0.05) is 17.9 Å². The zero-order valence-electron chi connectivity index (χ0n) is 19.7. The average molecular weight is 462 g/mol. The maximum atomic E-state index is 12.8. The van der Waals surface area contributed by atoms with Crippen molar-refractivity contribution in [2.45, 2.75) is 46.5 Å². The first-order valence-corrected chi connectivity index (χ1v) is 11.5. The minimum atomic E-state index is -0.169. The highest BCUT2D eigenvalue weighted by atomic mass is 16.5. The van der Waals surface area contributed by atoms with Crippen LogP contribution >= 0.6 is 0 Å². The highest BCUT2D eigenvalue weighted by Gasteiger charge is 2.33. The molecule has 176 valence electrons. The number of anilines is 1. The molecule has 5 rings (SSSR count). The van der Waals surface area contributed by atoms with Crippen molar-refractivity contribution in [1.29, 1.82) is 0 Å². The second kappa shape index (κ2) is 8.77. The Labute approximate surface area is 196 Å². The number of hydrogen-bond acceptors (Lipinski definition) is 7. The summed E-state index contributed by atoms with van der Waals surface area (Å²) < 4.78 is 15.0. The molecule has 0 fully saturated rings. The number of nitrogens with one attached hydrogen (secondary N) is 1. The van der Waals surface area contributed by atoms with Gasteiger partial charge >= 0.3 is 0 Å². The first kappa shape index (κ1) is 21.9. The van der Waals surface area contributed by atoms with E-state index in [2.05, 4.69) is 27.5 Å². The molecule has 1 unspecified atom stereocenters. The number of nitrogens with zero attached hydrogens (tertiary/aromatic N) is 6. The Bertz CT molecular complexity index is 1370. The Morgan fingerprint density at radius 3 is 2.71 bits per heavy atom. The number of rotatable bonds is 7. The van der Waals surface area contributed by atoms with E-state index < -0.39 is 0 Å². The molecular formula is C24H27N7O3. The van der Waals surface area contributed by atoms with Crippen molar-refractivity contribution in [3.8, 4) is 17.3 Å². The van der Waals surface area contributed by atoms with Gasteiger partial charge < -0.3 is 14.8 Å². The van der Waals surface area contributed by atoms with E-state index in [0.717, 1.165) is 23.2 Å². The smallest absolute Gasteiger partial charge is 0.226 e. The number of carbonyl (C=O) groups is 1. The van der Waals surface area contributed by atoms with Gasteiger partial charge in [-0.2, -0.15) is 14.3 Å². The molecule has 0 radical (unpaired) electrons. The third-order valence-electron chi connectivity index (χ3n) is 5.86. The molecule has 4 heterocycles. The summed E-state index contributed by atoms with van der Waals surface area (Å²) in [5.41, 5.74) is 3.41. The molecule has 1 amide bonds. The Morgan fingerprint density at radius 2 is 1.91 bits per heavy atom. The van der Waals surface area contributed by atoms with Crippen molar-refractivity contribution in [3.05, 3.63) is 53.0 Å². The van der Waals surface area contributed by atoms with E-state index in [9.17, 15) is 4.79 Å². The van der Waals surface area contributed by atoms with Crippen LogP contribution in [0.5, 0.6) is 11.5 Å². The van der Waals surface area contributed by atoms with Gasteiger partial charge in [-0.25, -0.2) is 0 Å². The highest BCUT2D eigenvalue weighted by molar-refractivity contribution is 5.95. The molecule has 0 saturated carbocycles. The fraction of sp³-hybridized carbons (Fsp3) is 0.375. The molecule has 1 aliphatic rings. The minimum absolute atomic E-state index is 0.0792. The number of aromatic nitrogens is 6. The van der Waals surface area contributed by atoms with E-state index in [1.54, 1.807) is 9.20 Å². The molecule has 10 nitrogen and oxygen atoms in total. The lowest BCUT2D eigenvalue weighted by Gasteiger charge is -2.25.